The summed E-state index contributed by atoms with van der Waals surface area (Å²) in [6.07, 6.45) is 0. The fourth-order valence-corrected chi connectivity index (χ4v) is 4.41. The van der Waals surface area contributed by atoms with Gasteiger partial charge in [-0.25, -0.2) is 8.42 Å². The number of nitrogens with one attached hydrogen (secondary N) is 1. The number of rotatable bonds is 2. The number of carbonyl (C=O) groups excluding carboxylic acids is 1. The predicted molar refractivity (Wildman–Crippen MR) is 105 cm³/mol. The maximum absolute atomic E-state index is 12.2. The monoisotopic (exact) mass is 490 g/mol. The van der Waals surface area contributed by atoms with Crippen molar-refractivity contribution in [1.29, 1.82) is 0 Å². The average molecular weight is 492 g/mol. The molecule has 2 aliphatic heterocycles. The Labute approximate surface area is 172 Å². The van der Waals surface area contributed by atoms with Crippen molar-refractivity contribution in [3.05, 3.63) is 28.2 Å². The van der Waals surface area contributed by atoms with Crippen LogP contribution < -0.4 is 5.32 Å². The highest BCUT2D eigenvalue weighted by molar-refractivity contribution is 9.10. The molecule has 0 unspecified atom stereocenters. The van der Waals surface area contributed by atoms with Crippen LogP contribution >= 0.6 is 39.0 Å². The first-order valence-electron chi connectivity index (χ1n) is 7.79. The van der Waals surface area contributed by atoms with Crippen LogP contribution in [-0.4, -0.2) is 71.8 Å². The molecule has 1 amide bonds. The fraction of sp³-hybridized carbons (Fsp3) is 0.533. The number of halogens is 3. The van der Waals surface area contributed by atoms with Crippen molar-refractivity contribution < 1.29 is 22.7 Å². The quantitative estimate of drug-likeness (QED) is 0.636. The summed E-state index contributed by atoms with van der Waals surface area (Å²) in [6.45, 7) is 5.81. The SMILES string of the molecule is C1COCCN1.Cl.O=C(c1ccc(Br)c(S(=O)(=O)Cl)c1)N1CCOCC1. The number of amides is 1. The highest BCUT2D eigenvalue weighted by Gasteiger charge is 2.22. The predicted octanol–water partition coefficient (Wildman–Crippen LogP) is 1.88. The molecule has 1 aromatic rings. The van der Waals surface area contributed by atoms with Crippen LogP contribution in [0.2, 0.25) is 0 Å². The van der Waals surface area contributed by atoms with Crippen molar-refractivity contribution >= 4 is 54.0 Å². The topological polar surface area (TPSA) is 84.9 Å². The van der Waals surface area contributed by atoms with E-state index in [2.05, 4.69) is 21.2 Å². The minimum Gasteiger partial charge on any atom is -0.379 e. The normalized spacial score (nSPS) is 17.5. The lowest BCUT2D eigenvalue weighted by Gasteiger charge is -2.27. The molecule has 3 rings (SSSR count). The minimum atomic E-state index is -3.89. The fourth-order valence-electron chi connectivity index (χ4n) is 2.29. The van der Waals surface area contributed by atoms with Gasteiger partial charge in [0.05, 0.1) is 31.3 Å². The van der Waals surface area contributed by atoms with Gasteiger partial charge in [-0.15, -0.1) is 12.4 Å². The highest BCUT2D eigenvalue weighted by atomic mass is 79.9. The van der Waals surface area contributed by atoms with E-state index in [0.717, 1.165) is 26.3 Å². The summed E-state index contributed by atoms with van der Waals surface area (Å²) in [5, 5.41) is 3.16. The van der Waals surface area contributed by atoms with Gasteiger partial charge in [0.2, 0.25) is 0 Å². The van der Waals surface area contributed by atoms with Gasteiger partial charge in [0, 0.05) is 46.9 Å². The van der Waals surface area contributed by atoms with E-state index in [1.807, 2.05) is 0 Å². The molecule has 2 saturated heterocycles. The first-order valence-corrected chi connectivity index (χ1v) is 10.9. The van der Waals surface area contributed by atoms with Gasteiger partial charge in [0.25, 0.3) is 15.0 Å². The van der Waals surface area contributed by atoms with Crippen molar-refractivity contribution in [2.24, 2.45) is 0 Å². The summed E-state index contributed by atoms with van der Waals surface area (Å²) in [6, 6.07) is 4.35. The van der Waals surface area contributed by atoms with E-state index < -0.39 is 9.05 Å². The van der Waals surface area contributed by atoms with Gasteiger partial charge in [-0.1, -0.05) is 0 Å². The summed E-state index contributed by atoms with van der Waals surface area (Å²) in [4.78, 5) is 13.7. The molecule has 0 atom stereocenters. The minimum absolute atomic E-state index is 0. The lowest BCUT2D eigenvalue weighted by Crippen LogP contribution is -2.40. The van der Waals surface area contributed by atoms with E-state index in [9.17, 15) is 13.2 Å². The molecule has 26 heavy (non-hydrogen) atoms. The van der Waals surface area contributed by atoms with Crippen molar-refractivity contribution in [2.75, 3.05) is 52.6 Å². The van der Waals surface area contributed by atoms with E-state index in [4.69, 9.17) is 20.2 Å². The molecule has 1 aromatic carbocycles. The smallest absolute Gasteiger partial charge is 0.262 e. The number of ether oxygens (including phenoxy) is 2. The molecule has 2 fully saturated rings. The molecule has 148 valence electrons. The second-order valence-electron chi connectivity index (χ2n) is 5.35. The summed E-state index contributed by atoms with van der Waals surface area (Å²) >= 11 is 3.10. The zero-order valence-corrected chi connectivity index (χ0v) is 17.9. The summed E-state index contributed by atoms with van der Waals surface area (Å²) in [5.41, 5.74) is 0.296. The lowest BCUT2D eigenvalue weighted by molar-refractivity contribution is 0.0302. The Morgan fingerprint density at radius 1 is 1.12 bits per heavy atom. The Morgan fingerprint density at radius 2 is 1.69 bits per heavy atom. The lowest BCUT2D eigenvalue weighted by atomic mass is 10.2. The van der Waals surface area contributed by atoms with Crippen molar-refractivity contribution in [1.82, 2.24) is 10.2 Å². The molecule has 2 aliphatic rings. The Hall–Kier alpha value is -0.420. The van der Waals surface area contributed by atoms with Crippen LogP contribution in [0.3, 0.4) is 0 Å². The van der Waals surface area contributed by atoms with Crippen LogP contribution in [0, 0.1) is 0 Å². The Kier molecular flexibility index (Phi) is 10.4. The first-order chi connectivity index (χ1) is 11.9. The molecular weight excluding hydrogens is 471 g/mol. The number of benzene rings is 1. The average Bonchev–Trinajstić information content (AvgIpc) is 2.63. The molecule has 7 nitrogen and oxygen atoms in total. The van der Waals surface area contributed by atoms with Crippen LogP contribution in [0.25, 0.3) is 0 Å². The number of hydrogen-bond donors (Lipinski definition) is 1. The molecule has 1 N–H and O–H groups in total. The van der Waals surface area contributed by atoms with Crippen LogP contribution in [0.1, 0.15) is 10.4 Å². The second kappa shape index (κ2) is 11.4. The van der Waals surface area contributed by atoms with Gasteiger partial charge in [-0.3, -0.25) is 4.79 Å². The zero-order chi connectivity index (χ0) is 18.3. The van der Waals surface area contributed by atoms with E-state index in [1.54, 1.807) is 11.0 Å². The molecule has 11 heteroatoms. The van der Waals surface area contributed by atoms with E-state index >= 15 is 0 Å². The van der Waals surface area contributed by atoms with Crippen molar-refractivity contribution in [3.8, 4) is 0 Å². The Morgan fingerprint density at radius 3 is 2.15 bits per heavy atom. The molecule has 2 heterocycles. The molecule has 0 bridgehead atoms. The number of hydrogen-bond acceptors (Lipinski definition) is 6. The van der Waals surface area contributed by atoms with Crippen LogP contribution in [-0.2, 0) is 18.5 Å². The van der Waals surface area contributed by atoms with E-state index in [1.165, 1.54) is 12.1 Å². The molecular formula is C15H21BrCl2N2O5S. The first kappa shape index (κ1) is 23.6. The van der Waals surface area contributed by atoms with Crippen molar-refractivity contribution in [3.63, 3.8) is 0 Å². The maximum atomic E-state index is 12.2. The maximum Gasteiger partial charge on any atom is 0.262 e. The molecule has 0 radical (unpaired) electrons. The van der Waals surface area contributed by atoms with E-state index in [-0.39, 0.29) is 23.2 Å². The van der Waals surface area contributed by atoms with Gasteiger partial charge in [-0.2, -0.15) is 0 Å². The standard InChI is InChI=1S/C11H11BrClNO4S.C4H9NO.ClH/c12-9-2-1-8(7-10(9)19(13,16)17)11(15)14-3-5-18-6-4-14;1-3-6-4-2-5-1;/h1-2,7H,3-6H2;5H,1-4H2;1H. The third kappa shape index (κ3) is 7.30. The highest BCUT2D eigenvalue weighted by Crippen LogP contribution is 2.26. The summed E-state index contributed by atoms with van der Waals surface area (Å²) in [7, 11) is 1.43. The Bertz CT molecular complexity index is 684. The van der Waals surface area contributed by atoms with Crippen LogP contribution in [0.4, 0.5) is 0 Å². The van der Waals surface area contributed by atoms with Crippen LogP contribution in [0.5, 0.6) is 0 Å². The molecule has 0 aromatic heterocycles. The molecule has 0 spiro atoms. The van der Waals surface area contributed by atoms with Gasteiger partial charge in [0.15, 0.2) is 0 Å². The van der Waals surface area contributed by atoms with Crippen LogP contribution in [0.15, 0.2) is 27.6 Å². The van der Waals surface area contributed by atoms with Gasteiger partial charge >= 0.3 is 0 Å². The summed E-state index contributed by atoms with van der Waals surface area (Å²) in [5.74, 6) is -0.225. The van der Waals surface area contributed by atoms with Crippen molar-refractivity contribution in [2.45, 2.75) is 4.90 Å². The number of morpholine rings is 2. The van der Waals surface area contributed by atoms with E-state index in [0.29, 0.717) is 36.3 Å². The van der Waals surface area contributed by atoms with Gasteiger partial charge < -0.3 is 19.7 Å². The summed E-state index contributed by atoms with van der Waals surface area (Å²) < 4.78 is 33.3. The number of nitrogens with zero attached hydrogens (tertiary/aromatic N) is 1. The largest absolute Gasteiger partial charge is 0.379 e. The third-order valence-electron chi connectivity index (χ3n) is 3.59. The Balaban J connectivity index is 0.000000410. The molecule has 0 aliphatic carbocycles. The third-order valence-corrected chi connectivity index (χ3v) is 5.90. The van der Waals surface area contributed by atoms with Gasteiger partial charge in [-0.05, 0) is 34.1 Å². The zero-order valence-electron chi connectivity index (χ0n) is 13.9. The molecule has 0 saturated carbocycles. The number of carbonyl (C=O) groups is 1. The van der Waals surface area contributed by atoms with Gasteiger partial charge in [0.1, 0.15) is 0 Å². The second-order valence-corrected chi connectivity index (χ2v) is 8.74.